The number of nitrogens with one attached hydrogen (secondary N) is 1. The van der Waals surface area contributed by atoms with E-state index >= 15 is 0 Å². The van der Waals surface area contributed by atoms with E-state index in [2.05, 4.69) is 30.5 Å². The quantitative estimate of drug-likeness (QED) is 0.735. The van der Waals surface area contributed by atoms with E-state index < -0.39 is 0 Å². The molecule has 1 aliphatic rings. The molecule has 1 saturated heterocycles. The zero-order chi connectivity index (χ0) is 17.2. The summed E-state index contributed by atoms with van der Waals surface area (Å²) in [5.74, 6) is 0.787. The van der Waals surface area contributed by atoms with E-state index in [-0.39, 0.29) is 23.4 Å². The zero-order valence-electron chi connectivity index (χ0n) is 13.4. The minimum Gasteiger partial charge on any atom is -0.504 e. The molecule has 0 saturated carbocycles. The number of aromatic nitrogens is 5. The van der Waals surface area contributed by atoms with Gasteiger partial charge in [-0.1, -0.05) is 0 Å². The number of anilines is 2. The number of amides is 1. The molecule has 0 aliphatic carbocycles. The molecular weight excluding hydrogens is 322 g/mol. The number of carbonyl (C=O) groups is 1. The maximum Gasteiger partial charge on any atom is 0.228 e. The largest absolute Gasteiger partial charge is 0.504 e. The van der Waals surface area contributed by atoms with Crippen LogP contribution in [0.2, 0.25) is 0 Å². The van der Waals surface area contributed by atoms with E-state index in [1.54, 1.807) is 16.9 Å². The Labute approximate surface area is 143 Å². The molecule has 4 rings (SSSR count). The van der Waals surface area contributed by atoms with Gasteiger partial charge in [0.1, 0.15) is 12.1 Å². The highest BCUT2D eigenvalue weighted by Crippen LogP contribution is 2.25. The predicted molar refractivity (Wildman–Crippen MR) is 90.3 cm³/mol. The van der Waals surface area contributed by atoms with Gasteiger partial charge < -0.3 is 15.3 Å². The lowest BCUT2D eigenvalue weighted by Gasteiger charge is -2.31. The first kappa shape index (κ1) is 15.3. The second-order valence-corrected chi connectivity index (χ2v) is 5.95. The van der Waals surface area contributed by atoms with Crippen LogP contribution in [0.1, 0.15) is 12.8 Å². The molecule has 1 amide bonds. The molecule has 0 aromatic carbocycles. The molecule has 1 aliphatic heterocycles. The Hall–Kier alpha value is -3.23. The minimum atomic E-state index is -0.115. The second kappa shape index (κ2) is 6.34. The molecule has 25 heavy (non-hydrogen) atoms. The monoisotopic (exact) mass is 339 g/mol. The molecule has 4 heterocycles. The first-order chi connectivity index (χ1) is 12.2. The normalized spacial score (nSPS) is 15.4. The Morgan fingerprint density at radius 1 is 1.24 bits per heavy atom. The molecule has 0 spiro atoms. The second-order valence-electron chi connectivity index (χ2n) is 5.95. The number of rotatable bonds is 3. The summed E-state index contributed by atoms with van der Waals surface area (Å²) in [6.07, 6.45) is 4.52. The summed E-state index contributed by atoms with van der Waals surface area (Å²) < 4.78 is 1.64. The van der Waals surface area contributed by atoms with Gasteiger partial charge in [-0.25, -0.2) is 4.98 Å². The molecule has 9 heteroatoms. The summed E-state index contributed by atoms with van der Waals surface area (Å²) in [7, 11) is 0. The molecule has 0 atom stereocenters. The zero-order valence-corrected chi connectivity index (χ0v) is 13.4. The molecule has 128 valence electrons. The first-order valence-electron chi connectivity index (χ1n) is 8.07. The third-order valence-electron chi connectivity index (χ3n) is 4.37. The maximum atomic E-state index is 12.4. The average molecular weight is 339 g/mol. The van der Waals surface area contributed by atoms with Crippen molar-refractivity contribution in [2.75, 3.05) is 23.3 Å². The van der Waals surface area contributed by atoms with E-state index in [0.29, 0.717) is 18.5 Å². The van der Waals surface area contributed by atoms with Gasteiger partial charge in [-0.3, -0.25) is 4.79 Å². The summed E-state index contributed by atoms with van der Waals surface area (Å²) in [5, 5.41) is 24.7. The lowest BCUT2D eigenvalue weighted by Crippen LogP contribution is -2.38. The number of pyridine rings is 1. The fraction of sp³-hybridized carbons (Fsp3) is 0.312. The molecule has 3 aromatic rings. The first-order valence-corrected chi connectivity index (χ1v) is 8.07. The van der Waals surface area contributed by atoms with Crippen molar-refractivity contribution in [1.29, 1.82) is 0 Å². The number of carbonyl (C=O) groups excluding carboxylic acids is 1. The summed E-state index contributed by atoms with van der Waals surface area (Å²) >= 11 is 0. The van der Waals surface area contributed by atoms with Gasteiger partial charge in [-0.2, -0.15) is 4.52 Å². The summed E-state index contributed by atoms with van der Waals surface area (Å²) in [5.41, 5.74) is 0.702. The van der Waals surface area contributed by atoms with Crippen molar-refractivity contribution in [2.45, 2.75) is 12.8 Å². The SMILES string of the molecule is O=C(Nc1ncccc1O)C1CCN(c2ccc3nncn3n2)CC1. The van der Waals surface area contributed by atoms with Crippen molar-refractivity contribution in [2.24, 2.45) is 5.92 Å². The van der Waals surface area contributed by atoms with Crippen LogP contribution in [0.5, 0.6) is 5.75 Å². The van der Waals surface area contributed by atoms with E-state index in [1.807, 2.05) is 12.1 Å². The standard InChI is InChI=1S/C16H17N7O2/c24-12-2-1-7-17-15(12)19-16(25)11-5-8-22(9-6-11)14-4-3-13-20-18-10-23(13)21-14/h1-4,7,10-11,24H,5-6,8-9H2,(H,17,19,25). The van der Waals surface area contributed by atoms with Gasteiger partial charge in [0.25, 0.3) is 0 Å². The van der Waals surface area contributed by atoms with E-state index in [4.69, 9.17) is 0 Å². The Morgan fingerprint density at radius 3 is 2.88 bits per heavy atom. The molecule has 9 nitrogen and oxygen atoms in total. The lowest BCUT2D eigenvalue weighted by atomic mass is 9.96. The van der Waals surface area contributed by atoms with Gasteiger partial charge in [0, 0.05) is 25.2 Å². The van der Waals surface area contributed by atoms with Crippen molar-refractivity contribution in [1.82, 2.24) is 24.8 Å². The summed E-state index contributed by atoms with van der Waals surface area (Å²) in [6, 6.07) is 6.90. The van der Waals surface area contributed by atoms with Crippen LogP contribution in [0.15, 0.2) is 36.8 Å². The Balaban J connectivity index is 1.39. The Morgan fingerprint density at radius 2 is 2.08 bits per heavy atom. The van der Waals surface area contributed by atoms with Crippen LogP contribution in [0.4, 0.5) is 11.6 Å². The predicted octanol–water partition coefficient (Wildman–Crippen LogP) is 1.08. The number of hydrogen-bond donors (Lipinski definition) is 2. The van der Waals surface area contributed by atoms with Crippen LogP contribution in [-0.2, 0) is 4.79 Å². The highest BCUT2D eigenvalue weighted by molar-refractivity contribution is 5.92. The van der Waals surface area contributed by atoms with Gasteiger partial charge in [-0.05, 0) is 37.1 Å². The number of hydrogen-bond acceptors (Lipinski definition) is 7. The van der Waals surface area contributed by atoms with Crippen LogP contribution in [0.25, 0.3) is 5.65 Å². The summed E-state index contributed by atoms with van der Waals surface area (Å²) in [6.45, 7) is 1.46. The van der Waals surface area contributed by atoms with Gasteiger partial charge in [-0.15, -0.1) is 15.3 Å². The summed E-state index contributed by atoms with van der Waals surface area (Å²) in [4.78, 5) is 18.5. The van der Waals surface area contributed by atoms with Crippen LogP contribution in [0, 0.1) is 5.92 Å². The third kappa shape index (κ3) is 3.08. The lowest BCUT2D eigenvalue weighted by molar-refractivity contribution is -0.120. The Bertz CT molecular complexity index is 902. The number of nitrogens with zero attached hydrogens (tertiary/aromatic N) is 6. The highest BCUT2D eigenvalue weighted by atomic mass is 16.3. The number of fused-ring (bicyclic) bond motifs is 1. The van der Waals surface area contributed by atoms with E-state index in [9.17, 15) is 9.90 Å². The van der Waals surface area contributed by atoms with Crippen molar-refractivity contribution >= 4 is 23.2 Å². The van der Waals surface area contributed by atoms with Crippen molar-refractivity contribution in [3.63, 3.8) is 0 Å². The Kier molecular flexibility index (Phi) is 3.88. The van der Waals surface area contributed by atoms with Crippen molar-refractivity contribution in [3.8, 4) is 5.75 Å². The highest BCUT2D eigenvalue weighted by Gasteiger charge is 2.26. The van der Waals surface area contributed by atoms with E-state index in [1.165, 1.54) is 12.3 Å². The van der Waals surface area contributed by atoms with Gasteiger partial charge >= 0.3 is 0 Å². The van der Waals surface area contributed by atoms with E-state index in [0.717, 1.165) is 18.9 Å². The molecule has 3 aromatic heterocycles. The van der Waals surface area contributed by atoms with Crippen molar-refractivity contribution < 1.29 is 9.90 Å². The molecule has 1 fully saturated rings. The van der Waals surface area contributed by atoms with Crippen LogP contribution in [-0.4, -0.2) is 48.9 Å². The minimum absolute atomic E-state index is 0.0280. The molecule has 0 radical (unpaired) electrons. The number of aromatic hydroxyl groups is 1. The van der Waals surface area contributed by atoms with Gasteiger partial charge in [0.2, 0.25) is 5.91 Å². The average Bonchev–Trinajstić information content (AvgIpc) is 3.11. The van der Waals surface area contributed by atoms with Gasteiger partial charge in [0.05, 0.1) is 0 Å². The third-order valence-corrected chi connectivity index (χ3v) is 4.37. The fourth-order valence-electron chi connectivity index (χ4n) is 2.97. The molecule has 0 unspecified atom stereocenters. The maximum absolute atomic E-state index is 12.4. The van der Waals surface area contributed by atoms with Crippen LogP contribution < -0.4 is 10.2 Å². The van der Waals surface area contributed by atoms with Gasteiger partial charge in [0.15, 0.2) is 17.2 Å². The van der Waals surface area contributed by atoms with Crippen molar-refractivity contribution in [3.05, 3.63) is 36.8 Å². The molecule has 0 bridgehead atoms. The number of piperidine rings is 1. The van der Waals surface area contributed by atoms with Crippen LogP contribution in [0.3, 0.4) is 0 Å². The fourth-order valence-corrected chi connectivity index (χ4v) is 2.97. The molecule has 2 N–H and O–H groups in total. The smallest absolute Gasteiger partial charge is 0.228 e. The molecular formula is C16H17N7O2. The topological polar surface area (TPSA) is 109 Å². The van der Waals surface area contributed by atoms with Crippen LogP contribution >= 0.6 is 0 Å².